The zero-order valence-electron chi connectivity index (χ0n) is 17.1. The van der Waals surface area contributed by atoms with E-state index in [-0.39, 0.29) is 23.4 Å². The van der Waals surface area contributed by atoms with Crippen LogP contribution in [0.2, 0.25) is 0 Å². The van der Waals surface area contributed by atoms with Crippen LogP contribution in [0, 0.1) is 5.92 Å². The first kappa shape index (κ1) is 19.5. The Labute approximate surface area is 172 Å². The minimum atomic E-state index is -0.388. The SMILES string of the molecule is COc1ccc(OC)c(-c2cc(C(=O)Nc3nn(C)c4c3C[C@@H](C)C(=O)N4)[nH]n2)c1. The monoisotopic (exact) mass is 410 g/mol. The normalized spacial score (nSPS) is 15.3. The summed E-state index contributed by atoms with van der Waals surface area (Å²) in [5.41, 5.74) is 2.30. The van der Waals surface area contributed by atoms with Crippen molar-refractivity contribution in [1.82, 2.24) is 20.0 Å². The first-order valence-electron chi connectivity index (χ1n) is 9.37. The second-order valence-electron chi connectivity index (χ2n) is 7.08. The second-order valence-corrected chi connectivity index (χ2v) is 7.08. The number of ether oxygens (including phenoxy) is 2. The Morgan fingerprint density at radius 1 is 1.27 bits per heavy atom. The number of anilines is 2. The molecule has 0 unspecified atom stereocenters. The van der Waals surface area contributed by atoms with Gasteiger partial charge >= 0.3 is 0 Å². The first-order chi connectivity index (χ1) is 14.4. The molecule has 0 spiro atoms. The van der Waals surface area contributed by atoms with Gasteiger partial charge in [0.15, 0.2) is 5.82 Å². The van der Waals surface area contributed by atoms with E-state index in [9.17, 15) is 9.59 Å². The minimum absolute atomic E-state index is 0.0613. The lowest BCUT2D eigenvalue weighted by molar-refractivity contribution is -0.119. The Kier molecular flexibility index (Phi) is 4.90. The standard InChI is InChI=1S/C20H22N6O4/c1-10-7-13-17(25-26(2)18(13)22-19(10)27)21-20(28)15-9-14(23-24-15)12-8-11(29-3)5-6-16(12)30-4/h5-6,8-10H,7H2,1-4H3,(H,22,27)(H,23,24)(H,21,25,28)/t10-/m1/s1. The molecule has 156 valence electrons. The number of hydrogen-bond donors (Lipinski definition) is 3. The lowest BCUT2D eigenvalue weighted by Gasteiger charge is -2.19. The van der Waals surface area contributed by atoms with Crippen molar-refractivity contribution in [2.24, 2.45) is 13.0 Å². The van der Waals surface area contributed by atoms with E-state index in [0.717, 1.165) is 5.56 Å². The highest BCUT2D eigenvalue weighted by Crippen LogP contribution is 2.33. The number of aryl methyl sites for hydroxylation is 1. The van der Waals surface area contributed by atoms with Crippen LogP contribution in [-0.2, 0) is 18.3 Å². The Balaban J connectivity index is 1.60. The van der Waals surface area contributed by atoms with Crippen LogP contribution in [0.15, 0.2) is 24.3 Å². The number of nitrogens with zero attached hydrogens (tertiary/aromatic N) is 3. The van der Waals surface area contributed by atoms with E-state index in [1.54, 1.807) is 50.2 Å². The number of carbonyl (C=O) groups excluding carboxylic acids is 2. The molecule has 2 amide bonds. The lowest BCUT2D eigenvalue weighted by Crippen LogP contribution is -2.28. The van der Waals surface area contributed by atoms with E-state index >= 15 is 0 Å². The molecule has 0 aliphatic carbocycles. The third kappa shape index (κ3) is 3.36. The number of carbonyl (C=O) groups is 2. The third-order valence-corrected chi connectivity index (χ3v) is 5.08. The number of benzene rings is 1. The van der Waals surface area contributed by atoms with Crippen molar-refractivity contribution >= 4 is 23.5 Å². The molecule has 0 radical (unpaired) electrons. The summed E-state index contributed by atoms with van der Waals surface area (Å²) < 4.78 is 12.2. The van der Waals surface area contributed by atoms with Crippen molar-refractivity contribution in [3.05, 3.63) is 35.5 Å². The number of hydrogen-bond acceptors (Lipinski definition) is 6. The van der Waals surface area contributed by atoms with Crippen LogP contribution in [0.3, 0.4) is 0 Å². The molecule has 4 rings (SSSR count). The van der Waals surface area contributed by atoms with Gasteiger partial charge in [-0.3, -0.25) is 19.4 Å². The smallest absolute Gasteiger partial charge is 0.274 e. The molecule has 2 aromatic heterocycles. The Hall–Kier alpha value is -3.82. The molecule has 1 aliphatic rings. The number of fused-ring (bicyclic) bond motifs is 1. The maximum Gasteiger partial charge on any atom is 0.274 e. The topological polar surface area (TPSA) is 123 Å². The van der Waals surface area contributed by atoms with Crippen molar-refractivity contribution in [2.75, 3.05) is 24.9 Å². The van der Waals surface area contributed by atoms with Crippen LogP contribution in [0.1, 0.15) is 23.0 Å². The van der Waals surface area contributed by atoms with Gasteiger partial charge in [-0.05, 0) is 30.7 Å². The number of aromatic nitrogens is 4. The summed E-state index contributed by atoms with van der Waals surface area (Å²) >= 11 is 0. The molecule has 3 N–H and O–H groups in total. The Morgan fingerprint density at radius 2 is 2.07 bits per heavy atom. The van der Waals surface area contributed by atoms with Crippen molar-refractivity contribution in [3.8, 4) is 22.8 Å². The summed E-state index contributed by atoms with van der Waals surface area (Å²) in [6, 6.07) is 6.98. The lowest BCUT2D eigenvalue weighted by atomic mass is 9.98. The maximum atomic E-state index is 12.8. The number of H-pyrrole nitrogens is 1. The van der Waals surface area contributed by atoms with Crippen LogP contribution in [0.4, 0.5) is 11.6 Å². The first-order valence-corrected chi connectivity index (χ1v) is 9.37. The van der Waals surface area contributed by atoms with Gasteiger partial charge in [-0.25, -0.2) is 0 Å². The third-order valence-electron chi connectivity index (χ3n) is 5.08. The Bertz CT molecular complexity index is 1130. The molecule has 3 aromatic rings. The second kappa shape index (κ2) is 7.54. The summed E-state index contributed by atoms with van der Waals surface area (Å²) in [6.07, 6.45) is 0.500. The van der Waals surface area contributed by atoms with Gasteiger partial charge in [0.1, 0.15) is 23.0 Å². The minimum Gasteiger partial charge on any atom is -0.497 e. The van der Waals surface area contributed by atoms with Gasteiger partial charge in [-0.1, -0.05) is 6.92 Å². The zero-order chi connectivity index (χ0) is 21.4. The molecule has 0 bridgehead atoms. The van der Waals surface area contributed by atoms with Gasteiger partial charge in [0.2, 0.25) is 5.91 Å². The molecule has 0 fully saturated rings. The van der Waals surface area contributed by atoms with E-state index in [1.807, 2.05) is 6.92 Å². The zero-order valence-corrected chi connectivity index (χ0v) is 17.1. The predicted molar refractivity (Wildman–Crippen MR) is 110 cm³/mol. The highest BCUT2D eigenvalue weighted by Gasteiger charge is 2.29. The summed E-state index contributed by atoms with van der Waals surface area (Å²) in [4.78, 5) is 24.7. The van der Waals surface area contributed by atoms with Crippen LogP contribution in [-0.4, -0.2) is 46.0 Å². The molecule has 10 nitrogen and oxygen atoms in total. The van der Waals surface area contributed by atoms with Crippen molar-refractivity contribution < 1.29 is 19.1 Å². The molecule has 30 heavy (non-hydrogen) atoms. The van der Waals surface area contributed by atoms with E-state index in [0.29, 0.717) is 40.8 Å². The average Bonchev–Trinajstić information content (AvgIpc) is 3.34. The van der Waals surface area contributed by atoms with Gasteiger partial charge in [-0.2, -0.15) is 10.2 Å². The molecule has 3 heterocycles. The largest absolute Gasteiger partial charge is 0.497 e. The average molecular weight is 410 g/mol. The molecule has 1 aromatic carbocycles. The van der Waals surface area contributed by atoms with Gasteiger partial charge in [-0.15, -0.1) is 0 Å². The highest BCUT2D eigenvalue weighted by atomic mass is 16.5. The van der Waals surface area contributed by atoms with Gasteiger partial charge < -0.3 is 20.1 Å². The van der Waals surface area contributed by atoms with Gasteiger partial charge in [0, 0.05) is 24.1 Å². The number of amides is 2. The fraction of sp³-hybridized carbons (Fsp3) is 0.300. The van der Waals surface area contributed by atoms with E-state index in [2.05, 4.69) is 25.9 Å². The quantitative estimate of drug-likeness (QED) is 0.593. The maximum absolute atomic E-state index is 12.8. The van der Waals surface area contributed by atoms with Crippen LogP contribution in [0.5, 0.6) is 11.5 Å². The van der Waals surface area contributed by atoms with E-state index < -0.39 is 0 Å². The molecular formula is C20H22N6O4. The summed E-state index contributed by atoms with van der Waals surface area (Å²) in [6.45, 7) is 1.83. The molecule has 1 aliphatic heterocycles. The van der Waals surface area contributed by atoms with Crippen molar-refractivity contribution in [3.63, 3.8) is 0 Å². The van der Waals surface area contributed by atoms with Crippen LogP contribution < -0.4 is 20.1 Å². The van der Waals surface area contributed by atoms with Gasteiger partial charge in [0.25, 0.3) is 5.91 Å². The number of methoxy groups -OCH3 is 2. The van der Waals surface area contributed by atoms with Crippen LogP contribution in [0.25, 0.3) is 11.3 Å². The molecule has 1 atom stereocenters. The fourth-order valence-corrected chi connectivity index (χ4v) is 3.42. The Morgan fingerprint density at radius 3 is 2.80 bits per heavy atom. The highest BCUT2D eigenvalue weighted by molar-refractivity contribution is 6.04. The number of rotatable bonds is 5. The summed E-state index contributed by atoms with van der Waals surface area (Å²) in [5.74, 6) is 1.62. The summed E-state index contributed by atoms with van der Waals surface area (Å²) in [5, 5.41) is 17.0. The van der Waals surface area contributed by atoms with Crippen molar-refractivity contribution in [1.29, 1.82) is 0 Å². The molecule has 0 saturated carbocycles. The van der Waals surface area contributed by atoms with E-state index in [4.69, 9.17) is 9.47 Å². The van der Waals surface area contributed by atoms with Gasteiger partial charge in [0.05, 0.1) is 19.9 Å². The molecule has 0 saturated heterocycles. The molecule has 10 heteroatoms. The van der Waals surface area contributed by atoms with Crippen LogP contribution >= 0.6 is 0 Å². The van der Waals surface area contributed by atoms with Crippen molar-refractivity contribution in [2.45, 2.75) is 13.3 Å². The number of nitrogens with one attached hydrogen (secondary N) is 3. The predicted octanol–water partition coefficient (Wildman–Crippen LogP) is 2.21. The summed E-state index contributed by atoms with van der Waals surface area (Å²) in [7, 11) is 4.86. The van der Waals surface area contributed by atoms with E-state index in [1.165, 1.54) is 0 Å². The number of aromatic amines is 1. The fourth-order valence-electron chi connectivity index (χ4n) is 3.42. The molecular weight excluding hydrogens is 388 g/mol.